The van der Waals surface area contributed by atoms with Crippen LogP contribution in [0.2, 0.25) is 0 Å². The summed E-state index contributed by atoms with van der Waals surface area (Å²) in [6.07, 6.45) is 0. The van der Waals surface area contributed by atoms with E-state index in [1.54, 1.807) is 42.5 Å². The van der Waals surface area contributed by atoms with Crippen LogP contribution in [0.3, 0.4) is 0 Å². The standard InChI is InChI=1S/C29H31N3O4/c1-4-31(3)18-21-10-8-9-20(15-21)17-30-27(33)25-16-22(13-14-26(25)36-5-2)19-32-28(34)23-11-6-7-12-24(23)29(32)35/h6-16H,4-5,17-19H2,1-3H3,(H,30,33). The Balaban J connectivity index is 1.49. The summed E-state index contributed by atoms with van der Waals surface area (Å²) < 4.78 is 5.69. The molecule has 3 aromatic rings. The average molecular weight is 486 g/mol. The van der Waals surface area contributed by atoms with Crippen molar-refractivity contribution in [2.24, 2.45) is 0 Å². The molecule has 3 aromatic carbocycles. The minimum Gasteiger partial charge on any atom is -0.493 e. The highest BCUT2D eigenvalue weighted by atomic mass is 16.5. The van der Waals surface area contributed by atoms with Gasteiger partial charge < -0.3 is 15.0 Å². The number of benzene rings is 3. The van der Waals surface area contributed by atoms with Crippen LogP contribution < -0.4 is 10.1 Å². The third kappa shape index (κ3) is 5.47. The molecular formula is C29H31N3O4. The second kappa shape index (κ2) is 11.2. The van der Waals surface area contributed by atoms with Crippen molar-refractivity contribution in [1.29, 1.82) is 0 Å². The first kappa shape index (κ1) is 25.1. The lowest BCUT2D eigenvalue weighted by Crippen LogP contribution is -2.29. The molecule has 0 aromatic heterocycles. The predicted octanol–water partition coefficient (Wildman–Crippen LogP) is 4.26. The first-order chi connectivity index (χ1) is 17.4. The fourth-order valence-electron chi connectivity index (χ4n) is 4.24. The van der Waals surface area contributed by atoms with Crippen molar-refractivity contribution in [3.8, 4) is 5.75 Å². The van der Waals surface area contributed by atoms with Gasteiger partial charge in [-0.3, -0.25) is 19.3 Å². The van der Waals surface area contributed by atoms with Crippen LogP contribution in [-0.4, -0.2) is 47.7 Å². The Bertz CT molecular complexity index is 1250. The molecule has 1 N–H and O–H groups in total. The molecule has 0 unspecified atom stereocenters. The monoisotopic (exact) mass is 485 g/mol. The van der Waals surface area contributed by atoms with Gasteiger partial charge in [-0.25, -0.2) is 0 Å². The molecule has 0 atom stereocenters. The van der Waals surface area contributed by atoms with E-state index < -0.39 is 0 Å². The average Bonchev–Trinajstić information content (AvgIpc) is 3.13. The molecule has 1 aliphatic heterocycles. The molecule has 0 saturated heterocycles. The van der Waals surface area contributed by atoms with E-state index in [9.17, 15) is 14.4 Å². The van der Waals surface area contributed by atoms with Gasteiger partial charge in [-0.2, -0.15) is 0 Å². The van der Waals surface area contributed by atoms with Crippen molar-refractivity contribution in [1.82, 2.24) is 15.1 Å². The highest BCUT2D eigenvalue weighted by Gasteiger charge is 2.35. The van der Waals surface area contributed by atoms with Crippen LogP contribution in [0.1, 0.15) is 61.6 Å². The topological polar surface area (TPSA) is 78.9 Å². The zero-order valence-corrected chi connectivity index (χ0v) is 20.9. The Morgan fingerprint density at radius 1 is 0.889 bits per heavy atom. The number of amides is 3. The smallest absolute Gasteiger partial charge is 0.261 e. The maximum absolute atomic E-state index is 13.2. The third-order valence-corrected chi connectivity index (χ3v) is 6.24. The maximum Gasteiger partial charge on any atom is 0.261 e. The summed E-state index contributed by atoms with van der Waals surface area (Å²) in [5.41, 5.74) is 4.03. The summed E-state index contributed by atoms with van der Waals surface area (Å²) in [4.78, 5) is 42.1. The Morgan fingerprint density at radius 2 is 1.58 bits per heavy atom. The van der Waals surface area contributed by atoms with E-state index in [0.29, 0.717) is 41.2 Å². The second-order valence-electron chi connectivity index (χ2n) is 8.84. The molecule has 36 heavy (non-hydrogen) atoms. The Kier molecular flexibility index (Phi) is 7.80. The number of nitrogens with zero attached hydrogens (tertiary/aromatic N) is 2. The zero-order valence-electron chi connectivity index (χ0n) is 20.9. The third-order valence-electron chi connectivity index (χ3n) is 6.24. The van der Waals surface area contributed by atoms with E-state index in [1.165, 1.54) is 10.5 Å². The largest absolute Gasteiger partial charge is 0.493 e. The van der Waals surface area contributed by atoms with Gasteiger partial charge in [0.25, 0.3) is 17.7 Å². The Labute approximate surface area is 211 Å². The summed E-state index contributed by atoms with van der Waals surface area (Å²) in [6.45, 7) is 6.62. The van der Waals surface area contributed by atoms with Crippen molar-refractivity contribution in [3.05, 3.63) is 100 Å². The minimum atomic E-state index is -0.330. The van der Waals surface area contributed by atoms with Gasteiger partial charge in [0.15, 0.2) is 0 Å². The van der Waals surface area contributed by atoms with Crippen LogP contribution in [0, 0.1) is 0 Å². The van der Waals surface area contributed by atoms with Crippen LogP contribution in [0.4, 0.5) is 0 Å². The van der Waals surface area contributed by atoms with Gasteiger partial charge in [0, 0.05) is 13.1 Å². The van der Waals surface area contributed by atoms with Crippen LogP contribution in [0.15, 0.2) is 66.7 Å². The first-order valence-corrected chi connectivity index (χ1v) is 12.2. The van der Waals surface area contributed by atoms with Gasteiger partial charge in [0.05, 0.1) is 29.8 Å². The maximum atomic E-state index is 13.2. The van der Waals surface area contributed by atoms with E-state index in [-0.39, 0.29) is 24.3 Å². The number of ether oxygens (including phenoxy) is 1. The summed E-state index contributed by atoms with van der Waals surface area (Å²) in [6, 6.07) is 20.1. The molecule has 186 valence electrons. The van der Waals surface area contributed by atoms with Crippen LogP contribution in [0.25, 0.3) is 0 Å². The van der Waals surface area contributed by atoms with Crippen molar-refractivity contribution in [2.75, 3.05) is 20.2 Å². The van der Waals surface area contributed by atoms with Crippen molar-refractivity contribution in [3.63, 3.8) is 0 Å². The molecular weight excluding hydrogens is 454 g/mol. The Morgan fingerprint density at radius 3 is 2.25 bits per heavy atom. The van der Waals surface area contributed by atoms with Crippen molar-refractivity contribution < 1.29 is 19.1 Å². The van der Waals surface area contributed by atoms with E-state index in [1.807, 2.05) is 19.1 Å². The summed E-state index contributed by atoms with van der Waals surface area (Å²) in [7, 11) is 2.07. The summed E-state index contributed by atoms with van der Waals surface area (Å²) >= 11 is 0. The van der Waals surface area contributed by atoms with E-state index in [4.69, 9.17) is 4.74 Å². The first-order valence-electron chi connectivity index (χ1n) is 12.2. The molecule has 0 fully saturated rings. The van der Waals surface area contributed by atoms with E-state index in [2.05, 4.69) is 36.3 Å². The summed E-state index contributed by atoms with van der Waals surface area (Å²) in [5, 5.41) is 2.98. The Hall–Kier alpha value is -3.97. The van der Waals surface area contributed by atoms with Crippen LogP contribution >= 0.6 is 0 Å². The number of hydrogen-bond acceptors (Lipinski definition) is 5. The fourth-order valence-corrected chi connectivity index (χ4v) is 4.24. The number of imide groups is 1. The van der Waals surface area contributed by atoms with Crippen molar-refractivity contribution in [2.45, 2.75) is 33.5 Å². The lowest BCUT2D eigenvalue weighted by Gasteiger charge is -2.17. The molecule has 0 aliphatic carbocycles. The SMILES string of the molecule is CCOc1ccc(CN2C(=O)c3ccccc3C2=O)cc1C(=O)NCc1cccc(CN(C)CC)c1. The normalized spacial score (nSPS) is 12.7. The lowest BCUT2D eigenvalue weighted by molar-refractivity contribution is 0.0642. The van der Waals surface area contributed by atoms with E-state index in [0.717, 1.165) is 18.7 Å². The number of nitrogens with one attached hydrogen (secondary N) is 1. The number of carbonyl (C=O) groups excluding carboxylic acids is 3. The van der Waals surface area contributed by atoms with Crippen LogP contribution in [-0.2, 0) is 19.6 Å². The molecule has 1 aliphatic rings. The van der Waals surface area contributed by atoms with Gasteiger partial charge in [0.2, 0.25) is 0 Å². The van der Waals surface area contributed by atoms with Gasteiger partial charge in [-0.1, -0.05) is 49.4 Å². The molecule has 1 heterocycles. The van der Waals surface area contributed by atoms with Crippen LogP contribution in [0.5, 0.6) is 5.75 Å². The highest BCUT2D eigenvalue weighted by molar-refractivity contribution is 6.21. The number of hydrogen-bond donors (Lipinski definition) is 1. The zero-order chi connectivity index (χ0) is 25.7. The quantitative estimate of drug-likeness (QED) is 0.434. The van der Waals surface area contributed by atoms with E-state index >= 15 is 0 Å². The number of rotatable bonds is 10. The van der Waals surface area contributed by atoms with Gasteiger partial charge in [-0.15, -0.1) is 0 Å². The lowest BCUT2D eigenvalue weighted by atomic mass is 10.1. The molecule has 0 saturated carbocycles. The molecule has 0 radical (unpaired) electrons. The highest BCUT2D eigenvalue weighted by Crippen LogP contribution is 2.26. The summed E-state index contributed by atoms with van der Waals surface area (Å²) in [5.74, 6) is -0.480. The molecule has 7 heteroatoms. The van der Waals surface area contributed by atoms with Gasteiger partial charge in [0.1, 0.15) is 5.75 Å². The number of carbonyl (C=O) groups is 3. The van der Waals surface area contributed by atoms with Gasteiger partial charge >= 0.3 is 0 Å². The molecule has 3 amide bonds. The number of fused-ring (bicyclic) bond motifs is 1. The molecule has 0 bridgehead atoms. The second-order valence-corrected chi connectivity index (χ2v) is 8.84. The molecule has 4 rings (SSSR count). The van der Waals surface area contributed by atoms with Gasteiger partial charge in [-0.05, 0) is 61.5 Å². The van der Waals surface area contributed by atoms with Crippen molar-refractivity contribution >= 4 is 17.7 Å². The fraction of sp³-hybridized carbons (Fsp3) is 0.276. The molecule has 7 nitrogen and oxygen atoms in total. The predicted molar refractivity (Wildman–Crippen MR) is 138 cm³/mol. The molecule has 0 spiro atoms. The minimum absolute atomic E-state index is 0.0754.